The predicted molar refractivity (Wildman–Crippen MR) is 113 cm³/mol. The first-order valence-electron chi connectivity index (χ1n) is 9.08. The van der Waals surface area contributed by atoms with E-state index in [1.165, 1.54) is 19.3 Å². The zero-order valence-corrected chi connectivity index (χ0v) is 17.4. The van der Waals surface area contributed by atoms with Crippen molar-refractivity contribution in [2.45, 2.75) is 52.1 Å². The third-order valence-corrected chi connectivity index (χ3v) is 4.15. The first-order valence-corrected chi connectivity index (χ1v) is 9.08. The standard InChI is InChI=1S/C19H31N3O.HI/c1-3-5-9-14-21-19(20-4-2)22-15-12-18(13-16-22)23-17-10-7-6-8-11-17;/h6-8,10-11,18H,3-5,9,12-16H2,1-2H3,(H,20,21);1H. The van der Waals surface area contributed by atoms with E-state index in [1.54, 1.807) is 0 Å². The summed E-state index contributed by atoms with van der Waals surface area (Å²) in [4.78, 5) is 7.15. The molecule has 1 aromatic rings. The summed E-state index contributed by atoms with van der Waals surface area (Å²) in [6.07, 6.45) is 6.10. The van der Waals surface area contributed by atoms with Gasteiger partial charge in [0.1, 0.15) is 11.9 Å². The van der Waals surface area contributed by atoms with Gasteiger partial charge in [0.2, 0.25) is 0 Å². The van der Waals surface area contributed by atoms with Crippen LogP contribution >= 0.6 is 24.0 Å². The number of benzene rings is 1. The Hall–Kier alpha value is -0.980. The number of unbranched alkanes of at least 4 members (excludes halogenated alkanes) is 2. The van der Waals surface area contributed by atoms with Crippen LogP contribution in [0.5, 0.6) is 5.75 Å². The van der Waals surface area contributed by atoms with E-state index in [4.69, 9.17) is 9.73 Å². The van der Waals surface area contributed by atoms with Crippen LogP contribution in [-0.4, -0.2) is 43.1 Å². The molecule has 1 aromatic carbocycles. The van der Waals surface area contributed by atoms with Crippen LogP contribution < -0.4 is 10.1 Å². The number of ether oxygens (including phenoxy) is 1. The summed E-state index contributed by atoms with van der Waals surface area (Å²) >= 11 is 0. The Bertz CT molecular complexity index is 459. The monoisotopic (exact) mass is 445 g/mol. The van der Waals surface area contributed by atoms with Crippen molar-refractivity contribution in [1.82, 2.24) is 10.2 Å². The molecule has 5 heteroatoms. The van der Waals surface area contributed by atoms with Crippen molar-refractivity contribution in [3.63, 3.8) is 0 Å². The van der Waals surface area contributed by atoms with Gasteiger partial charge >= 0.3 is 0 Å². The minimum Gasteiger partial charge on any atom is -0.490 e. The predicted octanol–water partition coefficient (Wildman–Crippen LogP) is 4.30. The molecule has 1 saturated heterocycles. The van der Waals surface area contributed by atoms with Crippen molar-refractivity contribution in [1.29, 1.82) is 0 Å². The maximum Gasteiger partial charge on any atom is 0.193 e. The summed E-state index contributed by atoms with van der Waals surface area (Å²) in [6.45, 7) is 8.23. The molecule has 0 saturated carbocycles. The molecule has 0 atom stereocenters. The lowest BCUT2D eigenvalue weighted by Crippen LogP contribution is -2.47. The molecule has 1 N–H and O–H groups in total. The topological polar surface area (TPSA) is 36.9 Å². The molecule has 0 radical (unpaired) electrons. The summed E-state index contributed by atoms with van der Waals surface area (Å²) in [5, 5.41) is 3.43. The maximum absolute atomic E-state index is 6.07. The van der Waals surface area contributed by atoms with E-state index in [0.717, 1.165) is 50.7 Å². The van der Waals surface area contributed by atoms with Gasteiger partial charge in [0.25, 0.3) is 0 Å². The maximum atomic E-state index is 6.07. The minimum atomic E-state index is 0. The fourth-order valence-corrected chi connectivity index (χ4v) is 2.85. The Labute approximate surface area is 164 Å². The fraction of sp³-hybridized carbons (Fsp3) is 0.632. The van der Waals surface area contributed by atoms with Crippen LogP contribution in [0.1, 0.15) is 46.0 Å². The van der Waals surface area contributed by atoms with Crippen LogP contribution in [0.4, 0.5) is 0 Å². The van der Waals surface area contributed by atoms with Crippen molar-refractivity contribution in [3.8, 4) is 5.75 Å². The molecule has 0 aromatic heterocycles. The average Bonchev–Trinajstić information content (AvgIpc) is 2.59. The minimum absolute atomic E-state index is 0. The van der Waals surface area contributed by atoms with Gasteiger partial charge in [-0.2, -0.15) is 0 Å². The van der Waals surface area contributed by atoms with E-state index < -0.39 is 0 Å². The van der Waals surface area contributed by atoms with Crippen molar-refractivity contribution >= 4 is 29.9 Å². The molecule has 0 unspecified atom stereocenters. The Morgan fingerprint density at radius 1 is 1.17 bits per heavy atom. The molecular weight excluding hydrogens is 413 g/mol. The van der Waals surface area contributed by atoms with Gasteiger partial charge < -0.3 is 15.0 Å². The van der Waals surface area contributed by atoms with E-state index in [0.29, 0.717) is 6.10 Å². The van der Waals surface area contributed by atoms with E-state index in [-0.39, 0.29) is 24.0 Å². The van der Waals surface area contributed by atoms with E-state index >= 15 is 0 Å². The average molecular weight is 445 g/mol. The van der Waals surface area contributed by atoms with Crippen LogP contribution in [0.3, 0.4) is 0 Å². The summed E-state index contributed by atoms with van der Waals surface area (Å²) in [5.41, 5.74) is 0. The van der Waals surface area contributed by atoms with Gasteiger partial charge in [-0.15, -0.1) is 24.0 Å². The highest BCUT2D eigenvalue weighted by Gasteiger charge is 2.22. The number of guanidine groups is 1. The quantitative estimate of drug-likeness (QED) is 0.294. The highest BCUT2D eigenvalue weighted by molar-refractivity contribution is 14.0. The normalized spacial score (nSPS) is 15.8. The van der Waals surface area contributed by atoms with Gasteiger partial charge in [0.05, 0.1) is 0 Å². The molecule has 1 fully saturated rings. The van der Waals surface area contributed by atoms with Crippen molar-refractivity contribution in [2.24, 2.45) is 4.99 Å². The molecule has 2 rings (SSSR count). The number of rotatable bonds is 7. The Balaban J connectivity index is 0.00000288. The number of nitrogens with zero attached hydrogens (tertiary/aromatic N) is 2. The SMILES string of the molecule is CCCCCN=C(NCC)N1CCC(Oc2ccccc2)CC1.I. The van der Waals surface area contributed by atoms with Crippen LogP contribution in [0.15, 0.2) is 35.3 Å². The lowest BCUT2D eigenvalue weighted by molar-refractivity contribution is 0.129. The third kappa shape index (κ3) is 7.28. The fourth-order valence-electron chi connectivity index (χ4n) is 2.85. The van der Waals surface area contributed by atoms with Crippen LogP contribution in [0.2, 0.25) is 0 Å². The van der Waals surface area contributed by atoms with Crippen LogP contribution in [0.25, 0.3) is 0 Å². The van der Waals surface area contributed by atoms with E-state index in [9.17, 15) is 0 Å². The number of hydrogen-bond acceptors (Lipinski definition) is 2. The Kier molecular flexibility index (Phi) is 10.9. The highest BCUT2D eigenvalue weighted by Crippen LogP contribution is 2.18. The molecule has 4 nitrogen and oxygen atoms in total. The molecule has 1 aliphatic rings. The van der Waals surface area contributed by atoms with Gasteiger partial charge in [-0.1, -0.05) is 38.0 Å². The Morgan fingerprint density at radius 3 is 2.50 bits per heavy atom. The molecule has 0 spiro atoms. The highest BCUT2D eigenvalue weighted by atomic mass is 127. The second-order valence-electron chi connectivity index (χ2n) is 6.06. The molecule has 0 aliphatic carbocycles. The molecule has 0 bridgehead atoms. The van der Waals surface area contributed by atoms with Gasteiger partial charge in [-0.05, 0) is 25.5 Å². The lowest BCUT2D eigenvalue weighted by atomic mass is 10.1. The number of nitrogens with one attached hydrogen (secondary N) is 1. The number of piperidine rings is 1. The molecular formula is C19H32IN3O. The van der Waals surface area contributed by atoms with Crippen molar-refractivity contribution < 1.29 is 4.74 Å². The summed E-state index contributed by atoms with van der Waals surface area (Å²) in [6, 6.07) is 10.1. The second kappa shape index (κ2) is 12.4. The number of para-hydroxylation sites is 1. The summed E-state index contributed by atoms with van der Waals surface area (Å²) in [5.74, 6) is 2.05. The van der Waals surface area contributed by atoms with Crippen LogP contribution in [0, 0.1) is 0 Å². The molecule has 1 aliphatic heterocycles. The van der Waals surface area contributed by atoms with Crippen molar-refractivity contribution in [3.05, 3.63) is 30.3 Å². The van der Waals surface area contributed by atoms with E-state index in [1.807, 2.05) is 30.3 Å². The first-order chi connectivity index (χ1) is 11.3. The summed E-state index contributed by atoms with van der Waals surface area (Å²) < 4.78 is 6.07. The molecule has 0 amide bonds. The Morgan fingerprint density at radius 2 is 1.88 bits per heavy atom. The van der Waals surface area contributed by atoms with Gasteiger partial charge in [0, 0.05) is 39.0 Å². The number of hydrogen-bond donors (Lipinski definition) is 1. The molecule has 24 heavy (non-hydrogen) atoms. The van der Waals surface area contributed by atoms with Crippen molar-refractivity contribution in [2.75, 3.05) is 26.2 Å². The smallest absolute Gasteiger partial charge is 0.193 e. The largest absolute Gasteiger partial charge is 0.490 e. The number of aliphatic imine (C=N–C) groups is 1. The zero-order valence-electron chi connectivity index (χ0n) is 15.0. The van der Waals surface area contributed by atoms with Gasteiger partial charge in [-0.3, -0.25) is 4.99 Å². The van der Waals surface area contributed by atoms with Gasteiger partial charge in [-0.25, -0.2) is 0 Å². The molecule has 1 heterocycles. The zero-order chi connectivity index (χ0) is 16.3. The van der Waals surface area contributed by atoms with E-state index in [2.05, 4.69) is 24.1 Å². The number of halogens is 1. The second-order valence-corrected chi connectivity index (χ2v) is 6.06. The number of likely N-dealkylation sites (tertiary alicyclic amines) is 1. The van der Waals surface area contributed by atoms with Gasteiger partial charge in [0.15, 0.2) is 5.96 Å². The van der Waals surface area contributed by atoms with Crippen LogP contribution in [-0.2, 0) is 0 Å². The lowest BCUT2D eigenvalue weighted by Gasteiger charge is -2.34. The summed E-state index contributed by atoms with van der Waals surface area (Å²) in [7, 11) is 0. The molecule has 136 valence electrons. The third-order valence-electron chi connectivity index (χ3n) is 4.15. The first kappa shape index (κ1) is 21.1.